The molecule has 0 aliphatic carbocycles. The standard InChI is InChI=1S/C19H27BrN6O.C17H24BrN5O2.C16H22BrN5O.C16H18N4O2.C15H20BrN5O/c1-13(2)14-11-23-17(20)10-15(14)27-16-12-24-19(21)25-18(16)22-6-9-26-7-4-3-5-8-26;1-4-6-24-7-5-20-16-14(10-22-17(19)23-16)25-13-8-15(18)21-9-12(13)11(2)3;1-4-5-6-19-15-13(9-21-16(18)22-15)23-12-7-14(17)20-8-11(12)10(2)3;1-10(2)5-6-12-8-19-15(21-4)7-13(12)22-14-9-18-11(3)20-16(14)17;1-4-5-18-14-12(8-20-15(17)21-14)22-11-6-13(16)19-7-10(11)9(2)3/h10-13H,3-9H2,1-2H3,(H3,21,22,24,25);8-11H,4-7H2,1-3H3,(H3,19,20,22,23);7-10H,4-6H2,1-3H3,(H3,18,19,21,22);7-10H,1-4H3,(H2,17,18,20);6-9H,4-5H2,1-3H3,(H3,17,18,20,21). The van der Waals surface area contributed by atoms with E-state index in [0.29, 0.717) is 108 Å². The van der Waals surface area contributed by atoms with Crippen molar-refractivity contribution in [2.75, 3.05) is 116 Å². The predicted octanol–water partition coefficient (Wildman–Crippen LogP) is 18.9. The summed E-state index contributed by atoms with van der Waals surface area (Å²) in [5, 5.41) is 13.0. The van der Waals surface area contributed by atoms with Crippen molar-refractivity contribution in [1.82, 2.24) is 79.7 Å². The number of rotatable bonds is 32. The fourth-order valence-corrected chi connectivity index (χ4v) is 12.1. The van der Waals surface area contributed by atoms with Crippen LogP contribution in [0.5, 0.6) is 63.4 Å². The summed E-state index contributed by atoms with van der Waals surface area (Å²) >= 11 is 13.5. The molecular weight excluding hydrogens is 1780 g/mol. The molecule has 0 bridgehead atoms. The Kier molecular flexibility index (Phi) is 40.1. The molecule has 14 N–H and O–H groups in total. The second kappa shape index (κ2) is 49.8. The molecule has 10 aromatic heterocycles. The number of nitrogens with two attached hydrogens (primary N) is 5. The van der Waals surface area contributed by atoms with Crippen molar-refractivity contribution in [3.8, 4) is 75.2 Å². The zero-order valence-corrected chi connectivity index (χ0v) is 76.6. The lowest BCUT2D eigenvalue weighted by Crippen LogP contribution is -2.33. The van der Waals surface area contributed by atoms with Crippen LogP contribution in [0.3, 0.4) is 0 Å². The Balaban J connectivity index is 0.000000206. The number of aromatic nitrogens is 15. The molecule has 0 unspecified atom stereocenters. The maximum absolute atomic E-state index is 6.15. The van der Waals surface area contributed by atoms with E-state index in [9.17, 15) is 0 Å². The number of pyridine rings is 5. The van der Waals surface area contributed by atoms with E-state index >= 15 is 0 Å². The van der Waals surface area contributed by atoms with Crippen molar-refractivity contribution in [3.63, 3.8) is 0 Å². The van der Waals surface area contributed by atoms with Crippen LogP contribution in [0.25, 0.3) is 0 Å². The number of aryl methyl sites for hydroxylation is 1. The monoisotopic (exact) mass is 1890 g/mol. The molecule has 0 atom stereocenters. The van der Waals surface area contributed by atoms with Gasteiger partial charge in [-0.2, -0.15) is 19.9 Å². The first-order valence-electron chi connectivity index (χ1n) is 39.5. The lowest BCUT2D eigenvalue weighted by Gasteiger charge is -2.26. The Hall–Kier alpha value is -10.5. The summed E-state index contributed by atoms with van der Waals surface area (Å²) in [6.07, 6.45) is 24.7. The lowest BCUT2D eigenvalue weighted by atomic mass is 10.1. The molecule has 1 aliphatic rings. The average molecular weight is 1890 g/mol. The number of unbranched alkanes of at least 4 members (excludes halogenated alkanes) is 1. The second-order valence-electron chi connectivity index (χ2n) is 28.5. The molecule has 119 heavy (non-hydrogen) atoms. The van der Waals surface area contributed by atoms with Gasteiger partial charge in [-0.25, -0.2) is 54.8 Å². The average Bonchev–Trinajstić information content (AvgIpc) is 0.843. The van der Waals surface area contributed by atoms with Gasteiger partial charge in [0.25, 0.3) is 0 Å². The third-order valence-corrected chi connectivity index (χ3v) is 18.7. The Labute approximate surface area is 731 Å². The summed E-state index contributed by atoms with van der Waals surface area (Å²) < 4.78 is 43.5. The number of nitrogen functional groups attached to an aromatic ring is 5. The van der Waals surface area contributed by atoms with Gasteiger partial charge in [-0.05, 0) is 140 Å². The predicted molar refractivity (Wildman–Crippen MR) is 484 cm³/mol. The number of nitrogens with zero attached hydrogens (tertiary/aromatic N) is 16. The third kappa shape index (κ3) is 32.3. The summed E-state index contributed by atoms with van der Waals surface area (Å²) in [4.78, 5) is 65.1. The zero-order valence-electron chi connectivity index (χ0n) is 70.3. The number of anilines is 9. The summed E-state index contributed by atoms with van der Waals surface area (Å²) in [6.45, 7) is 36.4. The van der Waals surface area contributed by atoms with Crippen molar-refractivity contribution in [3.05, 3.63) is 144 Å². The van der Waals surface area contributed by atoms with Crippen LogP contribution in [0, 0.1) is 24.7 Å². The Bertz CT molecular complexity index is 4900. The number of piperidine rings is 1. The molecule has 0 aromatic carbocycles. The maximum Gasteiger partial charge on any atom is 0.222 e. The van der Waals surface area contributed by atoms with Gasteiger partial charge in [-0.1, -0.05) is 115 Å². The molecule has 36 heteroatoms. The fourth-order valence-electron chi connectivity index (χ4n) is 10.8. The molecule has 11 heterocycles. The molecule has 1 aliphatic heterocycles. The fraction of sp³-hybridized carbons (Fsp3) is 0.434. The van der Waals surface area contributed by atoms with Crippen LogP contribution in [0.2, 0.25) is 0 Å². The molecule has 0 spiro atoms. The molecular formula is C83H111Br4N25O7. The Morgan fingerprint density at radius 1 is 0.403 bits per heavy atom. The normalized spacial score (nSPS) is 11.7. The summed E-state index contributed by atoms with van der Waals surface area (Å²) in [5.74, 6) is 17.9. The number of hydrogen-bond donors (Lipinski definition) is 9. The number of ether oxygens (including phenoxy) is 7. The molecule has 10 aromatic rings. The van der Waals surface area contributed by atoms with Crippen LogP contribution in [0.15, 0.2) is 111 Å². The summed E-state index contributed by atoms with van der Waals surface area (Å²) in [7, 11) is 1.54. The first-order valence-corrected chi connectivity index (χ1v) is 42.6. The molecule has 0 radical (unpaired) electrons. The van der Waals surface area contributed by atoms with Gasteiger partial charge in [0.15, 0.2) is 57.8 Å². The van der Waals surface area contributed by atoms with Crippen LogP contribution in [0.4, 0.5) is 52.9 Å². The Morgan fingerprint density at radius 2 is 0.790 bits per heavy atom. The number of methoxy groups -OCH3 is 1. The topological polar surface area (TPSA) is 439 Å². The van der Waals surface area contributed by atoms with E-state index in [4.69, 9.17) is 61.8 Å². The maximum atomic E-state index is 6.15. The SMILES string of the molecule is CC(C)c1cnc(Br)cc1Oc1cnc(N)nc1NCCN1CCCCC1.CCCCNc1nc(N)ncc1Oc1cc(Br)ncc1C(C)C.CCCNc1nc(N)ncc1Oc1cc(Br)ncc1C(C)C.CCCOCCNc1nc(N)ncc1Oc1cc(Br)ncc1C(C)C.COc1cc(Oc2cnc(C)nc2N)c(C#CC(C)C)cn1. The van der Waals surface area contributed by atoms with Crippen molar-refractivity contribution < 1.29 is 33.2 Å². The molecule has 1 fully saturated rings. The van der Waals surface area contributed by atoms with E-state index in [0.717, 1.165) is 103 Å². The van der Waals surface area contributed by atoms with Gasteiger partial charge in [0, 0.05) is 123 Å². The highest BCUT2D eigenvalue weighted by Crippen LogP contribution is 2.40. The van der Waals surface area contributed by atoms with Crippen molar-refractivity contribution in [2.45, 2.75) is 166 Å². The van der Waals surface area contributed by atoms with E-state index in [-0.39, 0.29) is 59.2 Å². The van der Waals surface area contributed by atoms with Crippen LogP contribution < -0.4 is 78.4 Å². The van der Waals surface area contributed by atoms with Gasteiger partial charge in [0.05, 0.1) is 56.5 Å². The van der Waals surface area contributed by atoms with Crippen molar-refractivity contribution in [1.29, 1.82) is 0 Å². The second-order valence-corrected chi connectivity index (χ2v) is 31.7. The van der Waals surface area contributed by atoms with E-state index in [1.165, 1.54) is 45.7 Å². The number of hydrogen-bond acceptors (Lipinski definition) is 32. The number of halogens is 4. The summed E-state index contributed by atoms with van der Waals surface area (Å²) in [6, 6.07) is 9.05. The van der Waals surface area contributed by atoms with Gasteiger partial charge in [0.1, 0.15) is 53.0 Å². The first-order chi connectivity index (χ1) is 57.0. The van der Waals surface area contributed by atoms with Gasteiger partial charge < -0.3 is 88.0 Å². The van der Waals surface area contributed by atoms with Crippen molar-refractivity contribution >= 4 is 117 Å². The molecule has 0 saturated carbocycles. The van der Waals surface area contributed by atoms with Crippen LogP contribution in [0.1, 0.15) is 192 Å². The minimum absolute atomic E-state index is 0.185. The zero-order chi connectivity index (χ0) is 86.5. The number of nitrogens with one attached hydrogen (secondary N) is 4. The van der Waals surface area contributed by atoms with E-state index < -0.39 is 0 Å². The van der Waals surface area contributed by atoms with Gasteiger partial charge in [-0.3, -0.25) is 0 Å². The molecule has 1 saturated heterocycles. The third-order valence-electron chi connectivity index (χ3n) is 17.0. The van der Waals surface area contributed by atoms with E-state index in [2.05, 4.69) is 253 Å². The van der Waals surface area contributed by atoms with Gasteiger partial charge >= 0.3 is 0 Å². The highest BCUT2D eigenvalue weighted by atomic mass is 79.9. The van der Waals surface area contributed by atoms with Crippen molar-refractivity contribution in [2.24, 2.45) is 5.92 Å². The van der Waals surface area contributed by atoms with Crippen LogP contribution >= 0.6 is 63.7 Å². The molecule has 0 amide bonds. The quantitative estimate of drug-likeness (QED) is 0.0107. The van der Waals surface area contributed by atoms with Gasteiger partial charge in [-0.15, -0.1) is 0 Å². The van der Waals surface area contributed by atoms with E-state index in [1.54, 1.807) is 56.4 Å². The molecule has 11 rings (SSSR count). The first kappa shape index (κ1) is 95.7. The van der Waals surface area contributed by atoms with Crippen LogP contribution in [-0.2, 0) is 4.74 Å². The largest absolute Gasteiger partial charge is 0.481 e. The van der Waals surface area contributed by atoms with E-state index in [1.807, 2.05) is 50.5 Å². The summed E-state index contributed by atoms with van der Waals surface area (Å²) in [5.41, 5.74) is 33.4. The minimum Gasteiger partial charge on any atom is -0.481 e. The molecule has 32 nitrogen and oxygen atoms in total. The highest BCUT2D eigenvalue weighted by Gasteiger charge is 2.21. The minimum atomic E-state index is 0.185. The molecule has 638 valence electrons. The number of likely N-dealkylation sites (tertiary alicyclic amines) is 1. The van der Waals surface area contributed by atoms with Gasteiger partial charge in [0.2, 0.25) is 29.7 Å². The lowest BCUT2D eigenvalue weighted by molar-refractivity contribution is 0.144. The smallest absolute Gasteiger partial charge is 0.222 e. The Morgan fingerprint density at radius 3 is 1.16 bits per heavy atom. The van der Waals surface area contributed by atoms with Crippen LogP contribution in [-0.4, -0.2) is 146 Å². The highest BCUT2D eigenvalue weighted by molar-refractivity contribution is 9.11.